The second-order valence-electron chi connectivity index (χ2n) is 5.61. The molecule has 3 unspecified atom stereocenters. The molecule has 0 aromatic carbocycles. The number of nitrogens with zero attached hydrogens (tertiary/aromatic N) is 2. The van der Waals surface area contributed by atoms with Crippen LogP contribution in [-0.4, -0.2) is 35.2 Å². The number of hydrogen-bond donors (Lipinski definition) is 2. The van der Waals surface area contributed by atoms with Gasteiger partial charge in [0.15, 0.2) is 0 Å². The lowest BCUT2D eigenvalue weighted by Gasteiger charge is -2.40. The van der Waals surface area contributed by atoms with Crippen molar-refractivity contribution in [1.29, 1.82) is 0 Å². The smallest absolute Gasteiger partial charge is 0.0940 e. The zero-order chi connectivity index (χ0) is 13.3. The van der Waals surface area contributed by atoms with E-state index in [2.05, 4.69) is 10.5 Å². The Labute approximate surface area is 113 Å². The van der Waals surface area contributed by atoms with E-state index in [0.29, 0.717) is 12.5 Å². The van der Waals surface area contributed by atoms with E-state index in [1.807, 2.05) is 24.0 Å². The summed E-state index contributed by atoms with van der Waals surface area (Å²) in [6.07, 6.45) is 4.81. The van der Waals surface area contributed by atoms with Gasteiger partial charge in [-0.25, -0.2) is 0 Å². The molecule has 0 amide bonds. The van der Waals surface area contributed by atoms with E-state index in [-0.39, 0.29) is 11.6 Å². The largest absolute Gasteiger partial charge is 0.378 e. The second kappa shape index (κ2) is 5.20. The lowest BCUT2D eigenvalue weighted by molar-refractivity contribution is -0.103. The van der Waals surface area contributed by atoms with E-state index < -0.39 is 0 Å². The standard InChI is InChI=1S/C13H22N4O2/c1-17-11(2-5-15-17)12(16-14)10-3-6-19-13(8-10)4-7-18-9-13/h2,5,10,12,16H,3-4,6-9,14H2,1H3. The number of ether oxygens (including phenoxy) is 2. The average Bonchev–Trinajstić information content (AvgIpc) is 3.02. The van der Waals surface area contributed by atoms with E-state index in [1.165, 1.54) is 0 Å². The van der Waals surface area contributed by atoms with Crippen molar-refractivity contribution in [2.45, 2.75) is 30.9 Å². The van der Waals surface area contributed by atoms with Crippen molar-refractivity contribution >= 4 is 0 Å². The Morgan fingerprint density at radius 3 is 3.11 bits per heavy atom. The molecule has 1 aromatic heterocycles. The van der Waals surface area contributed by atoms with Crippen molar-refractivity contribution in [3.8, 4) is 0 Å². The Hall–Kier alpha value is -0.950. The average molecular weight is 266 g/mol. The highest BCUT2D eigenvalue weighted by Gasteiger charge is 2.43. The van der Waals surface area contributed by atoms with Crippen LogP contribution in [0.1, 0.15) is 31.0 Å². The molecule has 3 heterocycles. The molecule has 6 nitrogen and oxygen atoms in total. The van der Waals surface area contributed by atoms with E-state index in [9.17, 15) is 0 Å². The molecule has 2 aliphatic heterocycles. The Kier molecular flexibility index (Phi) is 3.58. The molecule has 0 saturated carbocycles. The molecular weight excluding hydrogens is 244 g/mol. The summed E-state index contributed by atoms with van der Waals surface area (Å²) in [5, 5.41) is 4.23. The molecule has 0 bridgehead atoms. The molecule has 19 heavy (non-hydrogen) atoms. The van der Waals surface area contributed by atoms with Gasteiger partial charge in [0, 0.05) is 32.9 Å². The van der Waals surface area contributed by atoms with Crippen LogP contribution in [0.25, 0.3) is 0 Å². The number of hydrazine groups is 1. The van der Waals surface area contributed by atoms with Crippen LogP contribution in [-0.2, 0) is 16.5 Å². The maximum Gasteiger partial charge on any atom is 0.0940 e. The number of nitrogens with two attached hydrogens (primary N) is 1. The van der Waals surface area contributed by atoms with Gasteiger partial charge < -0.3 is 9.47 Å². The van der Waals surface area contributed by atoms with Crippen LogP contribution >= 0.6 is 0 Å². The normalized spacial score (nSPS) is 32.8. The summed E-state index contributed by atoms with van der Waals surface area (Å²) >= 11 is 0. The topological polar surface area (TPSA) is 74.3 Å². The number of rotatable bonds is 3. The van der Waals surface area contributed by atoms with Crippen LogP contribution in [0.3, 0.4) is 0 Å². The Morgan fingerprint density at radius 2 is 2.47 bits per heavy atom. The summed E-state index contributed by atoms with van der Waals surface area (Å²) in [7, 11) is 1.95. The zero-order valence-corrected chi connectivity index (χ0v) is 11.3. The summed E-state index contributed by atoms with van der Waals surface area (Å²) < 4.78 is 13.4. The van der Waals surface area contributed by atoms with Crippen molar-refractivity contribution in [2.24, 2.45) is 18.8 Å². The fourth-order valence-electron chi connectivity index (χ4n) is 3.37. The molecular formula is C13H22N4O2. The predicted octanol–water partition coefficient (Wildman–Crippen LogP) is 0.510. The molecule has 2 fully saturated rings. The van der Waals surface area contributed by atoms with Crippen LogP contribution in [0.2, 0.25) is 0 Å². The molecule has 0 aliphatic carbocycles. The van der Waals surface area contributed by atoms with Crippen molar-refractivity contribution in [3.63, 3.8) is 0 Å². The molecule has 1 aromatic rings. The third-order valence-electron chi connectivity index (χ3n) is 4.43. The first-order chi connectivity index (χ1) is 9.24. The Morgan fingerprint density at radius 1 is 1.58 bits per heavy atom. The van der Waals surface area contributed by atoms with Crippen LogP contribution in [0, 0.1) is 5.92 Å². The SMILES string of the molecule is Cn1nccc1C(NN)C1CCOC2(CCOC2)C1. The predicted molar refractivity (Wildman–Crippen MR) is 70.1 cm³/mol. The van der Waals surface area contributed by atoms with Crippen LogP contribution in [0.5, 0.6) is 0 Å². The third kappa shape index (κ3) is 2.41. The van der Waals surface area contributed by atoms with Crippen LogP contribution in [0.15, 0.2) is 12.3 Å². The summed E-state index contributed by atoms with van der Waals surface area (Å²) in [6.45, 7) is 2.30. The molecule has 6 heteroatoms. The quantitative estimate of drug-likeness (QED) is 0.616. The summed E-state index contributed by atoms with van der Waals surface area (Å²) in [5.41, 5.74) is 4.01. The van der Waals surface area contributed by atoms with Gasteiger partial charge in [0.05, 0.1) is 23.9 Å². The van der Waals surface area contributed by atoms with E-state index in [0.717, 1.165) is 38.2 Å². The van der Waals surface area contributed by atoms with Crippen LogP contribution < -0.4 is 11.3 Å². The molecule has 0 radical (unpaired) electrons. The van der Waals surface area contributed by atoms with Gasteiger partial charge in [0.2, 0.25) is 0 Å². The van der Waals surface area contributed by atoms with Gasteiger partial charge in [-0.15, -0.1) is 0 Å². The Balaban J connectivity index is 1.78. The first-order valence-electron chi connectivity index (χ1n) is 6.90. The highest BCUT2D eigenvalue weighted by molar-refractivity contribution is 5.09. The first-order valence-corrected chi connectivity index (χ1v) is 6.90. The van der Waals surface area contributed by atoms with E-state index in [1.54, 1.807) is 0 Å². The number of aryl methyl sites for hydroxylation is 1. The van der Waals surface area contributed by atoms with Crippen LogP contribution in [0.4, 0.5) is 0 Å². The number of nitrogens with one attached hydrogen (secondary N) is 1. The van der Waals surface area contributed by atoms with Gasteiger partial charge in [0.25, 0.3) is 0 Å². The highest BCUT2D eigenvalue weighted by atomic mass is 16.6. The van der Waals surface area contributed by atoms with Crippen molar-refractivity contribution < 1.29 is 9.47 Å². The monoisotopic (exact) mass is 266 g/mol. The van der Waals surface area contributed by atoms with Gasteiger partial charge in [-0.1, -0.05) is 0 Å². The molecule has 1 spiro atoms. The summed E-state index contributed by atoms with van der Waals surface area (Å²) in [4.78, 5) is 0. The highest BCUT2D eigenvalue weighted by Crippen LogP contribution is 2.40. The minimum absolute atomic E-state index is 0.0867. The fraction of sp³-hybridized carbons (Fsp3) is 0.769. The fourth-order valence-corrected chi connectivity index (χ4v) is 3.37. The Bertz CT molecular complexity index is 428. The molecule has 3 N–H and O–H groups in total. The van der Waals surface area contributed by atoms with Crippen molar-refractivity contribution in [3.05, 3.63) is 18.0 Å². The van der Waals surface area contributed by atoms with Gasteiger partial charge in [0.1, 0.15) is 0 Å². The minimum atomic E-state index is -0.0867. The minimum Gasteiger partial charge on any atom is -0.378 e. The zero-order valence-electron chi connectivity index (χ0n) is 11.3. The molecule has 3 rings (SSSR count). The first kappa shape index (κ1) is 13.1. The lowest BCUT2D eigenvalue weighted by Crippen LogP contribution is -2.45. The number of aromatic nitrogens is 2. The molecule has 2 saturated heterocycles. The van der Waals surface area contributed by atoms with Crippen molar-refractivity contribution in [1.82, 2.24) is 15.2 Å². The molecule has 106 valence electrons. The van der Waals surface area contributed by atoms with E-state index >= 15 is 0 Å². The maximum absolute atomic E-state index is 5.98. The van der Waals surface area contributed by atoms with E-state index in [4.69, 9.17) is 15.3 Å². The number of hydrogen-bond acceptors (Lipinski definition) is 5. The second-order valence-corrected chi connectivity index (χ2v) is 5.61. The maximum atomic E-state index is 5.98. The van der Waals surface area contributed by atoms with Gasteiger partial charge >= 0.3 is 0 Å². The summed E-state index contributed by atoms with van der Waals surface area (Å²) in [6, 6.07) is 2.14. The van der Waals surface area contributed by atoms with Gasteiger partial charge in [-0.05, 0) is 24.8 Å². The summed E-state index contributed by atoms with van der Waals surface area (Å²) in [5.74, 6) is 6.24. The van der Waals surface area contributed by atoms with Gasteiger partial charge in [-0.3, -0.25) is 16.0 Å². The lowest BCUT2D eigenvalue weighted by atomic mass is 9.80. The third-order valence-corrected chi connectivity index (χ3v) is 4.43. The molecule has 3 atom stereocenters. The van der Waals surface area contributed by atoms with Crippen molar-refractivity contribution in [2.75, 3.05) is 19.8 Å². The molecule has 2 aliphatic rings. The van der Waals surface area contributed by atoms with Gasteiger partial charge in [-0.2, -0.15) is 5.10 Å².